The zero-order valence-corrected chi connectivity index (χ0v) is 8.98. The average Bonchev–Trinajstić information content (AvgIpc) is 2.16. The fraction of sp³-hybridized carbons (Fsp3) is 0.333. The molecule has 0 amide bonds. The Balaban J connectivity index is 2.98. The number of hydrogen-bond donors (Lipinski definition) is 2. The van der Waals surface area contributed by atoms with Crippen LogP contribution in [0.3, 0.4) is 0 Å². The molecular weight excluding hydrogens is 206 g/mol. The van der Waals surface area contributed by atoms with Gasteiger partial charge in [0.15, 0.2) is 0 Å². The highest BCUT2D eigenvalue weighted by Crippen LogP contribution is 2.26. The van der Waals surface area contributed by atoms with E-state index in [0.717, 1.165) is 11.3 Å². The number of hydrogen-bond acceptors (Lipinski definition) is 3. The van der Waals surface area contributed by atoms with Gasteiger partial charge in [-0.3, -0.25) is 0 Å². The Bertz CT molecular complexity index is 293. The van der Waals surface area contributed by atoms with Crippen LogP contribution in [0.15, 0.2) is 18.2 Å². The Labute approximate surface area is 88.4 Å². The van der Waals surface area contributed by atoms with Crippen LogP contribution in [0.4, 0.5) is 0 Å². The van der Waals surface area contributed by atoms with Crippen molar-refractivity contribution in [3.8, 4) is 5.75 Å². The second kappa shape index (κ2) is 4.74. The van der Waals surface area contributed by atoms with Crippen molar-refractivity contribution in [2.45, 2.75) is 6.04 Å². The van der Waals surface area contributed by atoms with Crippen molar-refractivity contribution >= 4 is 24.2 Å². The van der Waals surface area contributed by atoms with E-state index in [1.807, 2.05) is 12.1 Å². The van der Waals surface area contributed by atoms with Gasteiger partial charge in [0.25, 0.3) is 0 Å². The number of ether oxygens (including phenoxy) is 1. The summed E-state index contributed by atoms with van der Waals surface area (Å²) in [5.41, 5.74) is 6.69. The van der Waals surface area contributed by atoms with E-state index in [1.165, 1.54) is 0 Å². The van der Waals surface area contributed by atoms with E-state index < -0.39 is 0 Å². The summed E-state index contributed by atoms with van der Waals surface area (Å²) < 4.78 is 5.02. The molecule has 0 spiro atoms. The highest BCUT2D eigenvalue weighted by Gasteiger charge is 2.08. The molecule has 1 rings (SSSR count). The third-order valence-corrected chi connectivity index (χ3v) is 2.52. The van der Waals surface area contributed by atoms with Crippen LogP contribution < -0.4 is 10.5 Å². The Morgan fingerprint density at radius 1 is 1.62 bits per heavy atom. The van der Waals surface area contributed by atoms with Gasteiger partial charge in [-0.25, -0.2) is 0 Å². The predicted molar refractivity (Wildman–Crippen MR) is 58.8 cm³/mol. The van der Waals surface area contributed by atoms with Crippen molar-refractivity contribution in [3.63, 3.8) is 0 Å². The lowest BCUT2D eigenvalue weighted by molar-refractivity contribution is 0.414. The lowest BCUT2D eigenvalue weighted by Crippen LogP contribution is -2.12. The number of halogens is 1. The van der Waals surface area contributed by atoms with Crippen molar-refractivity contribution in [3.05, 3.63) is 28.8 Å². The zero-order valence-electron chi connectivity index (χ0n) is 7.33. The van der Waals surface area contributed by atoms with Crippen molar-refractivity contribution in [1.82, 2.24) is 0 Å². The Hall–Kier alpha value is -0.380. The molecule has 0 aliphatic carbocycles. The van der Waals surface area contributed by atoms with Crippen molar-refractivity contribution in [2.24, 2.45) is 5.73 Å². The van der Waals surface area contributed by atoms with Gasteiger partial charge in [0, 0.05) is 16.8 Å². The molecule has 0 aliphatic rings. The molecule has 0 aromatic heterocycles. The number of thiol groups is 1. The maximum absolute atomic E-state index is 5.99. The molecule has 1 unspecified atom stereocenters. The predicted octanol–water partition coefficient (Wildman–Crippen LogP) is 2.28. The fourth-order valence-electron chi connectivity index (χ4n) is 1.03. The summed E-state index contributed by atoms with van der Waals surface area (Å²) >= 11 is 10.1. The molecule has 1 atom stereocenters. The van der Waals surface area contributed by atoms with Gasteiger partial charge in [-0.15, -0.1) is 0 Å². The standard InChI is InChI=1S/C9H12ClNOS/c1-12-6-2-3-7(8(10)4-6)9(11)5-13/h2-4,9,13H,5,11H2,1H3. The average molecular weight is 218 g/mol. The van der Waals surface area contributed by atoms with Gasteiger partial charge in [0.2, 0.25) is 0 Å². The monoisotopic (exact) mass is 217 g/mol. The van der Waals surface area contributed by atoms with Crippen LogP contribution in [0.5, 0.6) is 5.75 Å². The lowest BCUT2D eigenvalue weighted by Gasteiger charge is -2.11. The Morgan fingerprint density at radius 2 is 2.31 bits per heavy atom. The van der Waals surface area contributed by atoms with Crippen LogP contribution >= 0.6 is 24.2 Å². The zero-order chi connectivity index (χ0) is 9.84. The molecule has 2 N–H and O–H groups in total. The van der Waals surface area contributed by atoms with E-state index in [2.05, 4.69) is 12.6 Å². The van der Waals surface area contributed by atoms with Crippen LogP contribution in [-0.4, -0.2) is 12.9 Å². The maximum Gasteiger partial charge on any atom is 0.120 e. The van der Waals surface area contributed by atoms with Crippen molar-refractivity contribution in [1.29, 1.82) is 0 Å². The van der Waals surface area contributed by atoms with E-state index in [4.69, 9.17) is 22.1 Å². The smallest absolute Gasteiger partial charge is 0.120 e. The molecule has 0 saturated heterocycles. The summed E-state index contributed by atoms with van der Waals surface area (Å²) in [5.74, 6) is 1.31. The highest BCUT2D eigenvalue weighted by atomic mass is 35.5. The fourth-order valence-corrected chi connectivity index (χ4v) is 1.54. The summed E-state index contributed by atoms with van der Waals surface area (Å²) in [6.45, 7) is 0. The van der Waals surface area contributed by atoms with Crippen molar-refractivity contribution in [2.75, 3.05) is 12.9 Å². The quantitative estimate of drug-likeness (QED) is 0.762. The molecular formula is C9H12ClNOS. The minimum absolute atomic E-state index is 0.123. The molecule has 1 aromatic rings. The first kappa shape index (κ1) is 10.7. The first-order valence-corrected chi connectivity index (χ1v) is 4.90. The van der Waals surface area contributed by atoms with Gasteiger partial charge in [0.1, 0.15) is 5.75 Å². The third-order valence-electron chi connectivity index (χ3n) is 1.80. The summed E-state index contributed by atoms with van der Waals surface area (Å²) in [4.78, 5) is 0. The van der Waals surface area contributed by atoms with Gasteiger partial charge < -0.3 is 10.5 Å². The third kappa shape index (κ3) is 2.53. The molecule has 2 nitrogen and oxygen atoms in total. The van der Waals surface area contributed by atoms with E-state index in [1.54, 1.807) is 13.2 Å². The molecule has 0 bridgehead atoms. The second-order valence-corrected chi connectivity index (χ2v) is 3.45. The summed E-state index contributed by atoms with van der Waals surface area (Å²) in [6, 6.07) is 5.33. The Morgan fingerprint density at radius 3 is 2.77 bits per heavy atom. The number of nitrogens with two attached hydrogens (primary N) is 1. The van der Waals surface area contributed by atoms with E-state index in [9.17, 15) is 0 Å². The summed E-state index contributed by atoms with van der Waals surface area (Å²) in [6.07, 6.45) is 0. The summed E-state index contributed by atoms with van der Waals surface area (Å²) in [5, 5.41) is 0.626. The molecule has 0 radical (unpaired) electrons. The number of methoxy groups -OCH3 is 1. The highest BCUT2D eigenvalue weighted by molar-refractivity contribution is 7.80. The van der Waals surface area contributed by atoms with E-state index in [0.29, 0.717) is 10.8 Å². The minimum Gasteiger partial charge on any atom is -0.497 e. The van der Waals surface area contributed by atoms with Gasteiger partial charge in [-0.2, -0.15) is 12.6 Å². The van der Waals surface area contributed by atoms with Crippen LogP contribution in [0, 0.1) is 0 Å². The molecule has 0 heterocycles. The summed E-state index contributed by atoms with van der Waals surface area (Å²) in [7, 11) is 1.60. The molecule has 4 heteroatoms. The normalized spacial score (nSPS) is 12.6. The minimum atomic E-state index is -0.123. The van der Waals surface area contributed by atoms with Gasteiger partial charge in [-0.1, -0.05) is 17.7 Å². The van der Waals surface area contributed by atoms with Crippen LogP contribution in [0.2, 0.25) is 5.02 Å². The molecule has 72 valence electrons. The first-order chi connectivity index (χ1) is 6.19. The molecule has 13 heavy (non-hydrogen) atoms. The largest absolute Gasteiger partial charge is 0.497 e. The molecule has 0 fully saturated rings. The second-order valence-electron chi connectivity index (χ2n) is 2.68. The van der Waals surface area contributed by atoms with Crippen molar-refractivity contribution < 1.29 is 4.74 Å². The Kier molecular flexibility index (Phi) is 3.90. The SMILES string of the molecule is COc1ccc(C(N)CS)c(Cl)c1. The molecule has 0 aliphatic heterocycles. The number of rotatable bonds is 3. The van der Waals surface area contributed by atoms with Crippen LogP contribution in [0.25, 0.3) is 0 Å². The van der Waals surface area contributed by atoms with E-state index in [-0.39, 0.29) is 6.04 Å². The van der Waals surface area contributed by atoms with Gasteiger partial charge >= 0.3 is 0 Å². The number of benzene rings is 1. The van der Waals surface area contributed by atoms with E-state index >= 15 is 0 Å². The first-order valence-electron chi connectivity index (χ1n) is 3.89. The van der Waals surface area contributed by atoms with Crippen LogP contribution in [0.1, 0.15) is 11.6 Å². The topological polar surface area (TPSA) is 35.2 Å². The molecule has 1 aromatic carbocycles. The maximum atomic E-state index is 5.99. The van der Waals surface area contributed by atoms with Gasteiger partial charge in [0.05, 0.1) is 7.11 Å². The lowest BCUT2D eigenvalue weighted by atomic mass is 10.1. The molecule has 0 saturated carbocycles. The van der Waals surface area contributed by atoms with Gasteiger partial charge in [-0.05, 0) is 17.7 Å². The van der Waals surface area contributed by atoms with Crippen LogP contribution in [-0.2, 0) is 0 Å².